The van der Waals surface area contributed by atoms with Crippen LogP contribution in [0.2, 0.25) is 0 Å². The Hall–Kier alpha value is -1.39. The molecule has 1 amide bonds. The molecular weight excluding hydrogens is 274 g/mol. The smallest absolute Gasteiger partial charge is 0.239 e. The molecule has 1 aromatic carbocycles. The van der Waals surface area contributed by atoms with Crippen molar-refractivity contribution in [2.45, 2.75) is 45.8 Å². The molecule has 4 nitrogen and oxygen atoms in total. The summed E-state index contributed by atoms with van der Waals surface area (Å²) < 4.78 is 0. The molecule has 0 bridgehead atoms. The van der Waals surface area contributed by atoms with Crippen LogP contribution in [0, 0.1) is 5.92 Å². The fourth-order valence-electron chi connectivity index (χ4n) is 3.08. The standard InChI is InChI=1S/C18H29N3O/c1-14(2)21(11-16-7-5-4-6-8-16)13-17-9-10-20(12-17)18(22)15(3)19/h4-8,14-15,17H,9-13,19H2,1-3H3/t15-,17?/m0/s1. The van der Waals surface area contributed by atoms with Crippen molar-refractivity contribution in [3.8, 4) is 0 Å². The minimum Gasteiger partial charge on any atom is -0.341 e. The molecule has 1 aromatic rings. The number of carbonyl (C=O) groups is 1. The van der Waals surface area contributed by atoms with Gasteiger partial charge in [-0.25, -0.2) is 0 Å². The lowest BCUT2D eigenvalue weighted by atomic mass is 10.1. The zero-order valence-corrected chi connectivity index (χ0v) is 14.0. The lowest BCUT2D eigenvalue weighted by Gasteiger charge is -2.29. The van der Waals surface area contributed by atoms with Crippen molar-refractivity contribution < 1.29 is 4.79 Å². The largest absolute Gasteiger partial charge is 0.341 e. The van der Waals surface area contributed by atoms with Crippen molar-refractivity contribution in [2.75, 3.05) is 19.6 Å². The summed E-state index contributed by atoms with van der Waals surface area (Å²) in [6.07, 6.45) is 1.08. The van der Waals surface area contributed by atoms with Gasteiger partial charge in [0.25, 0.3) is 0 Å². The number of hydrogen-bond acceptors (Lipinski definition) is 3. The Labute approximate surface area is 134 Å². The normalized spacial score (nSPS) is 19.9. The molecule has 0 spiro atoms. The first-order valence-corrected chi connectivity index (χ1v) is 8.29. The highest BCUT2D eigenvalue weighted by Crippen LogP contribution is 2.20. The second kappa shape index (κ2) is 7.75. The van der Waals surface area contributed by atoms with Crippen molar-refractivity contribution in [2.24, 2.45) is 11.7 Å². The highest BCUT2D eigenvalue weighted by atomic mass is 16.2. The predicted octanol–water partition coefficient (Wildman–Crippen LogP) is 2.09. The van der Waals surface area contributed by atoms with Gasteiger partial charge < -0.3 is 10.6 Å². The Kier molecular flexibility index (Phi) is 5.98. The Morgan fingerprint density at radius 3 is 2.59 bits per heavy atom. The van der Waals surface area contributed by atoms with Crippen molar-refractivity contribution in [3.05, 3.63) is 35.9 Å². The van der Waals surface area contributed by atoms with Crippen LogP contribution in [0.3, 0.4) is 0 Å². The van der Waals surface area contributed by atoms with Gasteiger partial charge in [0.2, 0.25) is 5.91 Å². The number of benzene rings is 1. The van der Waals surface area contributed by atoms with Crippen LogP contribution in [-0.4, -0.2) is 47.4 Å². The molecule has 0 radical (unpaired) electrons. The average molecular weight is 303 g/mol. The van der Waals surface area contributed by atoms with Crippen molar-refractivity contribution in [3.63, 3.8) is 0 Å². The summed E-state index contributed by atoms with van der Waals surface area (Å²) in [5.74, 6) is 0.635. The summed E-state index contributed by atoms with van der Waals surface area (Å²) in [5.41, 5.74) is 7.06. The second-order valence-corrected chi connectivity index (χ2v) is 6.74. The summed E-state index contributed by atoms with van der Waals surface area (Å²) in [6.45, 7) is 9.95. The quantitative estimate of drug-likeness (QED) is 0.875. The van der Waals surface area contributed by atoms with E-state index in [0.29, 0.717) is 12.0 Å². The molecule has 0 aliphatic carbocycles. The van der Waals surface area contributed by atoms with E-state index in [-0.39, 0.29) is 11.9 Å². The number of likely N-dealkylation sites (tertiary alicyclic amines) is 1. The first kappa shape index (κ1) is 17.0. The van der Waals surface area contributed by atoms with E-state index < -0.39 is 0 Å². The van der Waals surface area contributed by atoms with E-state index >= 15 is 0 Å². The number of amides is 1. The number of carbonyl (C=O) groups excluding carboxylic acids is 1. The molecule has 1 saturated heterocycles. The van der Waals surface area contributed by atoms with Crippen molar-refractivity contribution in [1.29, 1.82) is 0 Å². The molecule has 4 heteroatoms. The Morgan fingerprint density at radius 1 is 1.32 bits per heavy atom. The van der Waals surface area contributed by atoms with Crippen LogP contribution < -0.4 is 5.73 Å². The van der Waals surface area contributed by atoms with Gasteiger partial charge in [0.1, 0.15) is 0 Å². The van der Waals surface area contributed by atoms with Gasteiger partial charge in [0.05, 0.1) is 6.04 Å². The Balaban J connectivity index is 1.91. The highest BCUT2D eigenvalue weighted by molar-refractivity contribution is 5.81. The van der Waals surface area contributed by atoms with Crippen molar-refractivity contribution >= 4 is 5.91 Å². The lowest BCUT2D eigenvalue weighted by Crippen LogP contribution is -2.41. The van der Waals surface area contributed by atoms with Gasteiger partial charge in [-0.2, -0.15) is 0 Å². The maximum Gasteiger partial charge on any atom is 0.239 e. The van der Waals surface area contributed by atoms with Crippen LogP contribution in [0.15, 0.2) is 30.3 Å². The summed E-state index contributed by atoms with van der Waals surface area (Å²) in [5, 5.41) is 0. The van der Waals surface area contributed by atoms with E-state index in [9.17, 15) is 4.79 Å². The molecule has 1 heterocycles. The van der Waals surface area contributed by atoms with Gasteiger partial charge in [-0.3, -0.25) is 9.69 Å². The van der Waals surface area contributed by atoms with Gasteiger partial charge in [-0.15, -0.1) is 0 Å². The average Bonchev–Trinajstić information content (AvgIpc) is 2.95. The molecule has 2 N–H and O–H groups in total. The molecule has 122 valence electrons. The molecule has 1 aliphatic rings. The van der Waals surface area contributed by atoms with Gasteiger partial charge in [0, 0.05) is 32.2 Å². The van der Waals surface area contributed by atoms with E-state index in [2.05, 4.69) is 49.1 Å². The summed E-state index contributed by atoms with van der Waals surface area (Å²) in [6, 6.07) is 10.7. The minimum atomic E-state index is -0.385. The van der Waals surface area contributed by atoms with Crippen LogP contribution in [-0.2, 0) is 11.3 Å². The molecule has 2 atom stereocenters. The zero-order chi connectivity index (χ0) is 16.1. The topological polar surface area (TPSA) is 49.6 Å². The monoisotopic (exact) mass is 303 g/mol. The lowest BCUT2D eigenvalue weighted by molar-refractivity contribution is -0.131. The van der Waals surface area contributed by atoms with Crippen LogP contribution in [0.5, 0.6) is 0 Å². The van der Waals surface area contributed by atoms with Crippen molar-refractivity contribution in [1.82, 2.24) is 9.80 Å². The van der Waals surface area contributed by atoms with Gasteiger partial charge in [-0.05, 0) is 38.7 Å². The number of rotatable bonds is 6. The maximum atomic E-state index is 12.0. The number of nitrogens with two attached hydrogens (primary N) is 1. The Morgan fingerprint density at radius 2 is 2.00 bits per heavy atom. The number of hydrogen-bond donors (Lipinski definition) is 1. The third kappa shape index (κ3) is 4.55. The van der Waals surface area contributed by atoms with E-state index in [4.69, 9.17) is 5.73 Å². The number of nitrogens with zero attached hydrogens (tertiary/aromatic N) is 2. The van der Waals surface area contributed by atoms with Crippen LogP contribution in [0.25, 0.3) is 0 Å². The Bertz CT molecular complexity index is 472. The molecule has 2 rings (SSSR count). The van der Waals surface area contributed by atoms with Gasteiger partial charge in [0.15, 0.2) is 0 Å². The first-order valence-electron chi connectivity index (χ1n) is 8.29. The molecule has 1 fully saturated rings. The summed E-state index contributed by atoms with van der Waals surface area (Å²) >= 11 is 0. The molecular formula is C18H29N3O. The van der Waals surface area contributed by atoms with Crippen LogP contribution in [0.1, 0.15) is 32.8 Å². The van der Waals surface area contributed by atoms with E-state index in [0.717, 1.165) is 32.6 Å². The molecule has 1 aliphatic heterocycles. The fourth-order valence-corrected chi connectivity index (χ4v) is 3.08. The zero-order valence-electron chi connectivity index (χ0n) is 14.0. The summed E-state index contributed by atoms with van der Waals surface area (Å²) in [4.78, 5) is 16.4. The molecule has 22 heavy (non-hydrogen) atoms. The van der Waals surface area contributed by atoms with E-state index in [1.807, 2.05) is 4.90 Å². The van der Waals surface area contributed by atoms with Gasteiger partial charge in [-0.1, -0.05) is 30.3 Å². The summed E-state index contributed by atoms with van der Waals surface area (Å²) in [7, 11) is 0. The van der Waals surface area contributed by atoms with E-state index in [1.54, 1.807) is 6.92 Å². The predicted molar refractivity (Wildman–Crippen MR) is 90.3 cm³/mol. The molecule has 1 unspecified atom stereocenters. The van der Waals surface area contributed by atoms with Crippen LogP contribution >= 0.6 is 0 Å². The van der Waals surface area contributed by atoms with Gasteiger partial charge >= 0.3 is 0 Å². The van der Waals surface area contributed by atoms with E-state index in [1.165, 1.54) is 5.56 Å². The first-order chi connectivity index (χ1) is 10.5. The minimum absolute atomic E-state index is 0.0849. The fraction of sp³-hybridized carbons (Fsp3) is 0.611. The third-order valence-corrected chi connectivity index (χ3v) is 4.44. The molecule has 0 aromatic heterocycles. The molecule has 0 saturated carbocycles. The highest BCUT2D eigenvalue weighted by Gasteiger charge is 2.29. The third-order valence-electron chi connectivity index (χ3n) is 4.44. The maximum absolute atomic E-state index is 12.0. The second-order valence-electron chi connectivity index (χ2n) is 6.74. The van der Waals surface area contributed by atoms with Crippen LogP contribution in [0.4, 0.5) is 0 Å². The SMILES string of the molecule is CC(C)N(Cc1ccccc1)CC1CCN(C(=O)[C@H](C)N)C1.